The standard InChI is InChI=1S/C8H17N3O3S2/c1-2-11-16(13,14)4-3-9-8(12)7-5-15-6-10-7/h7,10-11H,2-6H2,1H3,(H,9,12). The van der Waals surface area contributed by atoms with Crippen LogP contribution in [0.25, 0.3) is 0 Å². The number of carbonyl (C=O) groups excluding carboxylic acids is 1. The third-order valence-corrected chi connectivity index (χ3v) is 4.48. The van der Waals surface area contributed by atoms with Crippen LogP contribution in [-0.4, -0.2) is 50.8 Å². The van der Waals surface area contributed by atoms with Gasteiger partial charge in [-0.2, -0.15) is 0 Å². The molecular formula is C8H17N3O3S2. The second-order valence-corrected chi connectivity index (χ2v) is 6.34. The van der Waals surface area contributed by atoms with E-state index in [-0.39, 0.29) is 24.2 Å². The molecule has 0 bridgehead atoms. The highest BCUT2D eigenvalue weighted by Crippen LogP contribution is 2.08. The summed E-state index contributed by atoms with van der Waals surface area (Å²) in [5.74, 6) is 1.31. The Morgan fingerprint density at radius 1 is 1.56 bits per heavy atom. The van der Waals surface area contributed by atoms with Gasteiger partial charge >= 0.3 is 0 Å². The first kappa shape index (κ1) is 13.8. The number of rotatable bonds is 6. The van der Waals surface area contributed by atoms with Crippen molar-refractivity contribution < 1.29 is 13.2 Å². The van der Waals surface area contributed by atoms with Crippen LogP contribution in [0.1, 0.15) is 6.92 Å². The summed E-state index contributed by atoms with van der Waals surface area (Å²) in [6.07, 6.45) is 0. The third kappa shape index (κ3) is 4.69. The van der Waals surface area contributed by atoms with E-state index in [2.05, 4.69) is 15.4 Å². The third-order valence-electron chi connectivity index (χ3n) is 2.07. The van der Waals surface area contributed by atoms with Crippen molar-refractivity contribution in [2.24, 2.45) is 0 Å². The average molecular weight is 267 g/mol. The lowest BCUT2D eigenvalue weighted by Gasteiger charge is -2.10. The molecule has 1 rings (SSSR count). The Hall–Kier alpha value is -0.310. The molecule has 0 spiro atoms. The molecule has 0 saturated carbocycles. The van der Waals surface area contributed by atoms with Gasteiger partial charge in [-0.15, -0.1) is 11.8 Å². The first-order chi connectivity index (χ1) is 7.55. The summed E-state index contributed by atoms with van der Waals surface area (Å²) in [6, 6.07) is -0.188. The number of hydrogen-bond donors (Lipinski definition) is 3. The fraction of sp³-hybridized carbons (Fsp3) is 0.875. The molecular weight excluding hydrogens is 250 g/mol. The van der Waals surface area contributed by atoms with Crippen LogP contribution in [0, 0.1) is 0 Å². The molecule has 1 aliphatic rings. The predicted molar refractivity (Wildman–Crippen MR) is 64.7 cm³/mol. The Morgan fingerprint density at radius 2 is 2.31 bits per heavy atom. The fourth-order valence-electron chi connectivity index (χ4n) is 1.29. The van der Waals surface area contributed by atoms with Crippen molar-refractivity contribution in [3.05, 3.63) is 0 Å². The second kappa shape index (κ2) is 6.43. The molecule has 1 atom stereocenters. The lowest BCUT2D eigenvalue weighted by molar-refractivity contribution is -0.122. The number of sulfonamides is 1. The highest BCUT2D eigenvalue weighted by Gasteiger charge is 2.22. The molecule has 1 saturated heterocycles. The van der Waals surface area contributed by atoms with Crippen LogP contribution in [0.3, 0.4) is 0 Å². The van der Waals surface area contributed by atoms with E-state index >= 15 is 0 Å². The molecule has 1 amide bonds. The Morgan fingerprint density at radius 3 is 2.88 bits per heavy atom. The summed E-state index contributed by atoms with van der Waals surface area (Å²) in [6.45, 7) is 2.24. The molecule has 94 valence electrons. The predicted octanol–water partition coefficient (Wildman–Crippen LogP) is -1.30. The molecule has 3 N–H and O–H groups in total. The zero-order valence-electron chi connectivity index (χ0n) is 9.15. The molecule has 0 aromatic rings. The monoisotopic (exact) mass is 267 g/mol. The lowest BCUT2D eigenvalue weighted by Crippen LogP contribution is -2.44. The van der Waals surface area contributed by atoms with E-state index in [1.807, 2.05) is 0 Å². The number of nitrogens with one attached hydrogen (secondary N) is 3. The normalized spacial score (nSPS) is 20.9. The molecule has 8 heteroatoms. The maximum atomic E-state index is 11.5. The van der Waals surface area contributed by atoms with Gasteiger partial charge in [0.1, 0.15) is 0 Å². The van der Waals surface area contributed by atoms with Crippen molar-refractivity contribution in [3.63, 3.8) is 0 Å². The smallest absolute Gasteiger partial charge is 0.238 e. The van der Waals surface area contributed by atoms with Gasteiger partial charge in [-0.3, -0.25) is 10.1 Å². The van der Waals surface area contributed by atoms with Crippen LogP contribution in [-0.2, 0) is 14.8 Å². The van der Waals surface area contributed by atoms with Crippen LogP contribution in [0.15, 0.2) is 0 Å². The van der Waals surface area contributed by atoms with Crippen LogP contribution in [0.5, 0.6) is 0 Å². The van der Waals surface area contributed by atoms with Crippen LogP contribution in [0.2, 0.25) is 0 Å². The van der Waals surface area contributed by atoms with E-state index in [1.165, 1.54) is 0 Å². The van der Waals surface area contributed by atoms with Crippen LogP contribution >= 0.6 is 11.8 Å². The maximum Gasteiger partial charge on any atom is 0.238 e. The SMILES string of the molecule is CCNS(=O)(=O)CCNC(=O)C1CSCN1. The number of carbonyl (C=O) groups is 1. The summed E-state index contributed by atoms with van der Waals surface area (Å²) in [5, 5.41) is 5.62. The molecule has 6 nitrogen and oxygen atoms in total. The quantitative estimate of drug-likeness (QED) is 0.557. The summed E-state index contributed by atoms with van der Waals surface area (Å²) in [7, 11) is -3.24. The van der Waals surface area contributed by atoms with E-state index in [0.29, 0.717) is 6.54 Å². The highest BCUT2D eigenvalue weighted by molar-refractivity contribution is 7.99. The average Bonchev–Trinajstić information content (AvgIpc) is 2.69. The van der Waals surface area contributed by atoms with Gasteiger partial charge < -0.3 is 5.32 Å². The first-order valence-electron chi connectivity index (χ1n) is 5.11. The van der Waals surface area contributed by atoms with Crippen molar-refractivity contribution >= 4 is 27.7 Å². The molecule has 1 heterocycles. The summed E-state index contributed by atoms with van der Waals surface area (Å²) >= 11 is 1.66. The van der Waals surface area contributed by atoms with Gasteiger partial charge in [0.25, 0.3) is 0 Å². The molecule has 1 fully saturated rings. The van der Waals surface area contributed by atoms with Gasteiger partial charge in [0.2, 0.25) is 15.9 Å². The van der Waals surface area contributed by atoms with Gasteiger partial charge in [-0.25, -0.2) is 13.1 Å². The van der Waals surface area contributed by atoms with Crippen molar-refractivity contribution in [2.75, 3.05) is 30.5 Å². The second-order valence-electron chi connectivity index (χ2n) is 3.38. The topological polar surface area (TPSA) is 87.3 Å². The van der Waals surface area contributed by atoms with Gasteiger partial charge in [-0.05, 0) is 0 Å². The number of thioether (sulfide) groups is 1. The van der Waals surface area contributed by atoms with E-state index < -0.39 is 10.0 Å². The van der Waals surface area contributed by atoms with Gasteiger partial charge in [0.05, 0.1) is 11.8 Å². The van der Waals surface area contributed by atoms with Gasteiger partial charge in [0.15, 0.2) is 0 Å². The Bertz CT molecular complexity index is 325. The zero-order valence-corrected chi connectivity index (χ0v) is 10.8. The fourth-order valence-corrected chi connectivity index (χ4v) is 3.18. The summed E-state index contributed by atoms with van der Waals surface area (Å²) in [5.41, 5.74) is 0. The molecule has 0 aromatic heterocycles. The molecule has 1 aliphatic heterocycles. The summed E-state index contributed by atoms with van der Waals surface area (Å²) in [4.78, 5) is 11.5. The minimum atomic E-state index is -3.24. The van der Waals surface area contributed by atoms with Gasteiger partial charge in [0, 0.05) is 24.7 Å². The molecule has 0 aliphatic carbocycles. The molecule has 0 radical (unpaired) electrons. The van der Waals surface area contributed by atoms with Crippen LogP contribution in [0.4, 0.5) is 0 Å². The Labute approximate surface area is 100.0 Å². The van der Waals surface area contributed by atoms with E-state index in [1.54, 1.807) is 18.7 Å². The molecule has 1 unspecified atom stereocenters. The van der Waals surface area contributed by atoms with Gasteiger partial charge in [-0.1, -0.05) is 6.92 Å². The van der Waals surface area contributed by atoms with Crippen molar-refractivity contribution in [1.29, 1.82) is 0 Å². The maximum absolute atomic E-state index is 11.5. The lowest BCUT2D eigenvalue weighted by atomic mass is 10.3. The van der Waals surface area contributed by atoms with E-state index in [9.17, 15) is 13.2 Å². The summed E-state index contributed by atoms with van der Waals surface area (Å²) < 4.78 is 24.9. The number of hydrogen-bond acceptors (Lipinski definition) is 5. The van der Waals surface area contributed by atoms with Crippen molar-refractivity contribution in [2.45, 2.75) is 13.0 Å². The minimum absolute atomic E-state index is 0.0769. The van der Waals surface area contributed by atoms with E-state index in [0.717, 1.165) is 11.6 Å². The number of amides is 1. The van der Waals surface area contributed by atoms with E-state index in [4.69, 9.17) is 0 Å². The first-order valence-corrected chi connectivity index (χ1v) is 7.92. The molecule has 0 aromatic carbocycles. The van der Waals surface area contributed by atoms with Crippen molar-refractivity contribution in [1.82, 2.24) is 15.4 Å². The Kier molecular flexibility index (Phi) is 5.53. The minimum Gasteiger partial charge on any atom is -0.354 e. The van der Waals surface area contributed by atoms with Crippen LogP contribution < -0.4 is 15.4 Å². The van der Waals surface area contributed by atoms with Crippen molar-refractivity contribution in [3.8, 4) is 0 Å². The largest absolute Gasteiger partial charge is 0.354 e. The Balaban J connectivity index is 2.22. The highest BCUT2D eigenvalue weighted by atomic mass is 32.2. The zero-order chi connectivity index (χ0) is 12.0. The molecule has 16 heavy (non-hydrogen) atoms.